The average molecular weight is 341 g/mol. The van der Waals surface area contributed by atoms with Crippen molar-refractivity contribution < 1.29 is 19.4 Å². The lowest BCUT2D eigenvalue weighted by Gasteiger charge is -2.18. The fourth-order valence-electron chi connectivity index (χ4n) is 2.56. The minimum absolute atomic E-state index is 0.253. The van der Waals surface area contributed by atoms with Crippen LogP contribution >= 0.6 is 0 Å². The summed E-state index contributed by atoms with van der Waals surface area (Å²) in [5.74, 6) is -0.575. The van der Waals surface area contributed by atoms with Crippen LogP contribution in [0.4, 0.5) is 5.69 Å². The van der Waals surface area contributed by atoms with Gasteiger partial charge >= 0.3 is 5.97 Å². The number of para-hydroxylation sites is 1. The van der Waals surface area contributed by atoms with E-state index in [1.165, 1.54) is 6.07 Å². The molecule has 0 aliphatic heterocycles. The van der Waals surface area contributed by atoms with Crippen LogP contribution in [0, 0.1) is 0 Å². The summed E-state index contributed by atoms with van der Waals surface area (Å²) in [6.45, 7) is 3.86. The van der Waals surface area contributed by atoms with Crippen molar-refractivity contribution in [1.29, 1.82) is 0 Å². The number of carbonyl (C=O) groups is 2. The molecule has 0 saturated carbocycles. The topological polar surface area (TPSA) is 75.6 Å². The molecule has 25 heavy (non-hydrogen) atoms. The van der Waals surface area contributed by atoms with Crippen LogP contribution in [0.25, 0.3) is 0 Å². The van der Waals surface area contributed by atoms with E-state index in [4.69, 9.17) is 4.74 Å². The van der Waals surface area contributed by atoms with Crippen LogP contribution in [0.3, 0.4) is 0 Å². The van der Waals surface area contributed by atoms with Gasteiger partial charge in [-0.1, -0.05) is 38.5 Å². The van der Waals surface area contributed by atoms with E-state index >= 15 is 0 Å². The monoisotopic (exact) mass is 341 g/mol. The third-order valence-corrected chi connectivity index (χ3v) is 3.81. The number of nitrogens with one attached hydrogen (secondary N) is 1. The third kappa shape index (κ3) is 5.08. The summed E-state index contributed by atoms with van der Waals surface area (Å²) in [4.78, 5) is 23.8. The number of carboxylic acid groups (broad SMARTS) is 1. The van der Waals surface area contributed by atoms with Crippen molar-refractivity contribution in [1.82, 2.24) is 0 Å². The van der Waals surface area contributed by atoms with E-state index in [2.05, 4.69) is 5.32 Å². The van der Waals surface area contributed by atoms with E-state index in [0.717, 1.165) is 6.42 Å². The Bertz CT molecular complexity index is 728. The fourth-order valence-corrected chi connectivity index (χ4v) is 2.56. The van der Waals surface area contributed by atoms with E-state index < -0.39 is 12.1 Å². The van der Waals surface area contributed by atoms with Crippen molar-refractivity contribution in [2.24, 2.45) is 0 Å². The predicted octanol–water partition coefficient (Wildman–Crippen LogP) is 4.13. The van der Waals surface area contributed by atoms with Gasteiger partial charge in [0.2, 0.25) is 0 Å². The second kappa shape index (κ2) is 8.87. The van der Waals surface area contributed by atoms with Crippen LogP contribution < -0.4 is 10.1 Å². The molecule has 1 amide bonds. The van der Waals surface area contributed by atoms with Crippen molar-refractivity contribution in [3.63, 3.8) is 0 Å². The molecule has 0 fully saturated rings. The van der Waals surface area contributed by atoms with Gasteiger partial charge in [-0.15, -0.1) is 0 Å². The van der Waals surface area contributed by atoms with Gasteiger partial charge in [-0.2, -0.15) is 0 Å². The van der Waals surface area contributed by atoms with Gasteiger partial charge < -0.3 is 15.2 Å². The van der Waals surface area contributed by atoms with Gasteiger partial charge in [0.25, 0.3) is 5.91 Å². The van der Waals surface area contributed by atoms with Gasteiger partial charge in [-0.3, -0.25) is 4.79 Å². The lowest BCUT2D eigenvalue weighted by Crippen LogP contribution is -2.32. The minimum Gasteiger partial charge on any atom is -0.481 e. The zero-order valence-electron chi connectivity index (χ0n) is 14.5. The number of anilines is 1. The zero-order valence-corrected chi connectivity index (χ0v) is 14.5. The first-order chi connectivity index (χ1) is 12.0. The standard InChI is InChI=1S/C20H23NO4/c1-3-8-14-13-15(11-12-17(14)20(23)24)21-19(22)18(4-2)25-16-9-6-5-7-10-16/h5-7,9-13,18H,3-4,8H2,1-2H3,(H,21,22)(H,23,24). The van der Waals surface area contributed by atoms with Gasteiger partial charge in [0.15, 0.2) is 6.10 Å². The van der Waals surface area contributed by atoms with Crippen LogP contribution in [0.15, 0.2) is 48.5 Å². The molecule has 0 spiro atoms. The second-order valence-corrected chi connectivity index (χ2v) is 5.74. The van der Waals surface area contributed by atoms with Crippen LogP contribution in [-0.2, 0) is 11.2 Å². The molecule has 0 aromatic heterocycles. The molecule has 0 aliphatic rings. The molecule has 0 saturated heterocycles. The fraction of sp³-hybridized carbons (Fsp3) is 0.300. The molecule has 0 radical (unpaired) electrons. The van der Waals surface area contributed by atoms with Gasteiger partial charge in [-0.25, -0.2) is 4.79 Å². The van der Waals surface area contributed by atoms with Gasteiger partial charge in [0.05, 0.1) is 5.56 Å². The molecular formula is C20H23NO4. The first-order valence-corrected chi connectivity index (χ1v) is 8.44. The van der Waals surface area contributed by atoms with Crippen LogP contribution in [0.1, 0.15) is 42.6 Å². The highest BCUT2D eigenvalue weighted by molar-refractivity contribution is 5.95. The normalized spacial score (nSPS) is 11.6. The second-order valence-electron chi connectivity index (χ2n) is 5.74. The lowest BCUT2D eigenvalue weighted by atomic mass is 10.0. The number of carbonyl (C=O) groups excluding carboxylic acids is 1. The average Bonchev–Trinajstić information content (AvgIpc) is 2.60. The number of amides is 1. The molecule has 1 unspecified atom stereocenters. The van der Waals surface area contributed by atoms with Gasteiger partial charge in [0, 0.05) is 5.69 Å². The number of benzene rings is 2. The molecule has 132 valence electrons. The van der Waals surface area contributed by atoms with E-state index in [-0.39, 0.29) is 11.5 Å². The summed E-state index contributed by atoms with van der Waals surface area (Å²) >= 11 is 0. The summed E-state index contributed by atoms with van der Waals surface area (Å²) in [6, 6.07) is 14.0. The molecule has 0 bridgehead atoms. The van der Waals surface area contributed by atoms with Crippen molar-refractivity contribution in [3.8, 4) is 5.75 Å². The quantitative estimate of drug-likeness (QED) is 0.757. The Morgan fingerprint density at radius 3 is 2.44 bits per heavy atom. The maximum Gasteiger partial charge on any atom is 0.335 e. The van der Waals surface area contributed by atoms with Crippen LogP contribution in [0.5, 0.6) is 5.75 Å². The largest absolute Gasteiger partial charge is 0.481 e. The predicted molar refractivity (Wildman–Crippen MR) is 97.2 cm³/mol. The highest BCUT2D eigenvalue weighted by Crippen LogP contribution is 2.19. The number of hydrogen-bond donors (Lipinski definition) is 2. The number of aryl methyl sites for hydroxylation is 1. The Morgan fingerprint density at radius 1 is 1.12 bits per heavy atom. The first kappa shape index (κ1) is 18.5. The Labute approximate surface area is 147 Å². The molecule has 0 heterocycles. The smallest absolute Gasteiger partial charge is 0.335 e. The summed E-state index contributed by atoms with van der Waals surface area (Å²) in [5, 5.41) is 12.1. The number of carboxylic acids is 1. The molecule has 0 aliphatic carbocycles. The zero-order chi connectivity index (χ0) is 18.2. The lowest BCUT2D eigenvalue weighted by molar-refractivity contribution is -0.122. The third-order valence-electron chi connectivity index (χ3n) is 3.81. The maximum absolute atomic E-state index is 12.5. The Balaban J connectivity index is 2.12. The SMILES string of the molecule is CCCc1cc(NC(=O)C(CC)Oc2ccccc2)ccc1C(=O)O. The van der Waals surface area contributed by atoms with Crippen LogP contribution in [0.2, 0.25) is 0 Å². The van der Waals surface area contributed by atoms with Crippen LogP contribution in [-0.4, -0.2) is 23.1 Å². The summed E-state index contributed by atoms with van der Waals surface area (Å²) in [7, 11) is 0. The number of hydrogen-bond acceptors (Lipinski definition) is 3. The van der Waals surface area contributed by atoms with Crippen molar-refractivity contribution in [2.45, 2.75) is 39.2 Å². The Kier molecular flexibility index (Phi) is 6.57. The molecular weight excluding hydrogens is 318 g/mol. The molecule has 2 aromatic carbocycles. The van der Waals surface area contributed by atoms with E-state index in [1.54, 1.807) is 24.3 Å². The Hall–Kier alpha value is -2.82. The van der Waals surface area contributed by atoms with E-state index in [1.807, 2.05) is 32.0 Å². The molecule has 2 N–H and O–H groups in total. The first-order valence-electron chi connectivity index (χ1n) is 8.44. The molecule has 2 aromatic rings. The molecule has 5 heteroatoms. The molecule has 5 nitrogen and oxygen atoms in total. The summed E-state index contributed by atoms with van der Waals surface area (Å²) in [5.41, 5.74) is 1.56. The summed E-state index contributed by atoms with van der Waals surface area (Å²) < 4.78 is 5.73. The number of ether oxygens (including phenoxy) is 1. The highest BCUT2D eigenvalue weighted by atomic mass is 16.5. The van der Waals surface area contributed by atoms with Gasteiger partial charge in [-0.05, 0) is 48.7 Å². The van der Waals surface area contributed by atoms with E-state index in [9.17, 15) is 14.7 Å². The minimum atomic E-state index is -0.958. The van der Waals surface area contributed by atoms with E-state index in [0.29, 0.717) is 29.8 Å². The number of rotatable bonds is 8. The van der Waals surface area contributed by atoms with Crippen molar-refractivity contribution >= 4 is 17.6 Å². The number of aromatic carboxylic acids is 1. The highest BCUT2D eigenvalue weighted by Gasteiger charge is 2.19. The molecule has 2 rings (SSSR count). The Morgan fingerprint density at radius 2 is 1.84 bits per heavy atom. The summed E-state index contributed by atoms with van der Waals surface area (Å²) in [6.07, 6.45) is 1.38. The van der Waals surface area contributed by atoms with Crippen molar-refractivity contribution in [3.05, 3.63) is 59.7 Å². The van der Waals surface area contributed by atoms with Gasteiger partial charge in [0.1, 0.15) is 5.75 Å². The maximum atomic E-state index is 12.5. The molecule has 1 atom stereocenters. The van der Waals surface area contributed by atoms with Crippen molar-refractivity contribution in [2.75, 3.05) is 5.32 Å².